The first kappa shape index (κ1) is 16.4. The van der Waals surface area contributed by atoms with Crippen LogP contribution in [0.5, 0.6) is 0 Å². The molecule has 4 heteroatoms. The lowest BCUT2D eigenvalue weighted by Gasteiger charge is -2.48. The van der Waals surface area contributed by atoms with E-state index in [0.717, 1.165) is 37.7 Å². The molecule has 2 rings (SSSR count). The van der Waals surface area contributed by atoms with Crippen molar-refractivity contribution >= 4 is 0 Å². The topological polar surface area (TPSA) is 29.3 Å². The van der Waals surface area contributed by atoms with Crippen molar-refractivity contribution in [2.75, 3.05) is 14.1 Å². The first-order valence-electron chi connectivity index (χ1n) is 7.72. The fourth-order valence-electron chi connectivity index (χ4n) is 3.54. The molecule has 1 aliphatic rings. The van der Waals surface area contributed by atoms with Gasteiger partial charge in [0.2, 0.25) is 0 Å². The zero-order valence-electron chi connectivity index (χ0n) is 13.2. The van der Waals surface area contributed by atoms with Crippen LogP contribution >= 0.6 is 0 Å². The van der Waals surface area contributed by atoms with E-state index in [9.17, 15) is 8.78 Å². The van der Waals surface area contributed by atoms with Crippen LogP contribution in [0.15, 0.2) is 18.2 Å². The Balaban J connectivity index is 2.20. The molecule has 1 aromatic rings. The smallest absolute Gasteiger partial charge is 0.162 e. The van der Waals surface area contributed by atoms with Crippen molar-refractivity contribution < 1.29 is 8.78 Å². The first-order chi connectivity index (χ1) is 9.86. The largest absolute Gasteiger partial charge is 0.326 e. The summed E-state index contributed by atoms with van der Waals surface area (Å²) in [5.41, 5.74) is 6.71. The SMILES string of the molecule is CC1CCC(C(N)Cc2cccc(F)c2F)(N(C)C)CC1. The molecule has 0 aliphatic heterocycles. The molecule has 0 radical (unpaired) electrons. The molecular weight excluding hydrogens is 270 g/mol. The third-order valence-corrected chi connectivity index (χ3v) is 5.19. The van der Waals surface area contributed by atoms with Crippen molar-refractivity contribution in [2.45, 2.75) is 50.6 Å². The van der Waals surface area contributed by atoms with Crippen LogP contribution in [0.25, 0.3) is 0 Å². The van der Waals surface area contributed by atoms with Crippen LogP contribution in [-0.2, 0) is 6.42 Å². The van der Waals surface area contributed by atoms with E-state index >= 15 is 0 Å². The van der Waals surface area contributed by atoms with E-state index in [1.807, 2.05) is 14.1 Å². The van der Waals surface area contributed by atoms with Gasteiger partial charge >= 0.3 is 0 Å². The molecule has 118 valence electrons. The number of hydrogen-bond acceptors (Lipinski definition) is 2. The third-order valence-electron chi connectivity index (χ3n) is 5.19. The monoisotopic (exact) mass is 296 g/mol. The lowest BCUT2D eigenvalue weighted by molar-refractivity contribution is 0.0565. The number of rotatable bonds is 4. The van der Waals surface area contributed by atoms with E-state index in [2.05, 4.69) is 11.8 Å². The fourth-order valence-corrected chi connectivity index (χ4v) is 3.54. The minimum atomic E-state index is -0.795. The summed E-state index contributed by atoms with van der Waals surface area (Å²) in [6, 6.07) is 4.13. The first-order valence-corrected chi connectivity index (χ1v) is 7.72. The highest BCUT2D eigenvalue weighted by molar-refractivity contribution is 5.21. The van der Waals surface area contributed by atoms with Crippen LogP contribution in [0.1, 0.15) is 38.2 Å². The summed E-state index contributed by atoms with van der Waals surface area (Å²) in [7, 11) is 4.08. The molecule has 21 heavy (non-hydrogen) atoms. The summed E-state index contributed by atoms with van der Waals surface area (Å²) < 4.78 is 27.2. The Morgan fingerprint density at radius 1 is 1.29 bits per heavy atom. The lowest BCUT2D eigenvalue weighted by Crippen LogP contribution is -2.59. The molecule has 0 spiro atoms. The summed E-state index contributed by atoms with van der Waals surface area (Å²) in [5, 5.41) is 0. The highest BCUT2D eigenvalue weighted by atomic mass is 19.2. The van der Waals surface area contributed by atoms with E-state index in [1.165, 1.54) is 0 Å². The van der Waals surface area contributed by atoms with E-state index in [1.54, 1.807) is 12.1 Å². The summed E-state index contributed by atoms with van der Waals surface area (Å²) in [6.45, 7) is 2.26. The van der Waals surface area contributed by atoms with Gasteiger partial charge < -0.3 is 10.6 Å². The quantitative estimate of drug-likeness (QED) is 0.923. The Morgan fingerprint density at radius 3 is 2.48 bits per heavy atom. The Hall–Kier alpha value is -1.00. The standard InChI is InChI=1S/C17H26F2N2/c1-12-7-9-17(10-8-12,21(2)3)15(20)11-13-5-4-6-14(18)16(13)19/h4-6,12,15H,7-11,20H2,1-3H3. The molecule has 0 bridgehead atoms. The molecule has 1 saturated carbocycles. The van der Waals surface area contributed by atoms with Gasteiger partial charge in [0.1, 0.15) is 0 Å². The molecule has 1 aromatic carbocycles. The van der Waals surface area contributed by atoms with Crippen molar-refractivity contribution in [1.29, 1.82) is 0 Å². The Bertz CT molecular complexity index is 480. The van der Waals surface area contributed by atoms with Crippen LogP contribution in [0.4, 0.5) is 8.78 Å². The molecule has 0 saturated heterocycles. The van der Waals surface area contributed by atoms with Gasteiger partial charge in [-0.1, -0.05) is 19.1 Å². The molecule has 1 unspecified atom stereocenters. The van der Waals surface area contributed by atoms with Crippen molar-refractivity contribution in [3.63, 3.8) is 0 Å². The van der Waals surface area contributed by atoms with Crippen LogP contribution in [-0.4, -0.2) is 30.6 Å². The number of nitrogens with zero attached hydrogens (tertiary/aromatic N) is 1. The average Bonchev–Trinajstić information content (AvgIpc) is 2.44. The number of hydrogen-bond donors (Lipinski definition) is 1. The van der Waals surface area contributed by atoms with Gasteiger partial charge in [-0.15, -0.1) is 0 Å². The highest BCUT2D eigenvalue weighted by Crippen LogP contribution is 2.38. The summed E-state index contributed by atoms with van der Waals surface area (Å²) in [4.78, 5) is 2.18. The minimum Gasteiger partial charge on any atom is -0.326 e. The fraction of sp³-hybridized carbons (Fsp3) is 0.647. The predicted octanol–water partition coefficient (Wildman–Crippen LogP) is 3.35. The highest BCUT2D eigenvalue weighted by Gasteiger charge is 2.41. The Morgan fingerprint density at radius 2 is 1.90 bits per heavy atom. The Labute approximate surface area is 126 Å². The zero-order valence-corrected chi connectivity index (χ0v) is 13.2. The second-order valence-electron chi connectivity index (χ2n) is 6.70. The van der Waals surface area contributed by atoms with Gasteiger partial charge in [-0.2, -0.15) is 0 Å². The Kier molecular flexibility index (Phi) is 4.99. The number of nitrogens with two attached hydrogens (primary N) is 1. The summed E-state index contributed by atoms with van der Waals surface area (Å²) >= 11 is 0. The zero-order chi connectivity index (χ0) is 15.6. The molecule has 0 aromatic heterocycles. The van der Waals surface area contributed by atoms with Gasteiger partial charge in [0, 0.05) is 11.6 Å². The van der Waals surface area contributed by atoms with Crippen LogP contribution in [0, 0.1) is 17.6 Å². The molecule has 1 fully saturated rings. The van der Waals surface area contributed by atoms with E-state index in [4.69, 9.17) is 5.73 Å². The third kappa shape index (κ3) is 3.27. The van der Waals surface area contributed by atoms with Crippen molar-refractivity contribution in [1.82, 2.24) is 4.90 Å². The van der Waals surface area contributed by atoms with Crippen LogP contribution in [0.2, 0.25) is 0 Å². The maximum Gasteiger partial charge on any atom is 0.162 e. The van der Waals surface area contributed by atoms with Crippen molar-refractivity contribution in [3.05, 3.63) is 35.4 Å². The number of benzene rings is 1. The van der Waals surface area contributed by atoms with Gasteiger partial charge in [0.15, 0.2) is 11.6 Å². The van der Waals surface area contributed by atoms with E-state index in [-0.39, 0.29) is 11.6 Å². The van der Waals surface area contributed by atoms with E-state index < -0.39 is 11.6 Å². The second-order valence-corrected chi connectivity index (χ2v) is 6.70. The molecule has 2 nitrogen and oxygen atoms in total. The lowest BCUT2D eigenvalue weighted by atomic mass is 9.71. The minimum absolute atomic E-state index is 0.120. The second kappa shape index (κ2) is 6.41. The molecule has 0 heterocycles. The van der Waals surface area contributed by atoms with Gasteiger partial charge in [-0.05, 0) is 63.7 Å². The van der Waals surface area contributed by atoms with E-state index in [0.29, 0.717) is 12.0 Å². The van der Waals surface area contributed by atoms with Gasteiger partial charge in [0.25, 0.3) is 0 Å². The van der Waals surface area contributed by atoms with Gasteiger partial charge in [-0.3, -0.25) is 0 Å². The molecule has 1 aliphatic carbocycles. The maximum absolute atomic E-state index is 13.9. The molecular formula is C17H26F2N2. The summed E-state index contributed by atoms with van der Waals surface area (Å²) in [6.07, 6.45) is 4.67. The normalized spacial score (nSPS) is 27.9. The molecule has 0 amide bonds. The van der Waals surface area contributed by atoms with Gasteiger partial charge in [-0.25, -0.2) is 8.78 Å². The maximum atomic E-state index is 13.9. The number of likely N-dealkylation sites (N-methyl/N-ethyl adjacent to an activating group) is 1. The van der Waals surface area contributed by atoms with Gasteiger partial charge in [0.05, 0.1) is 0 Å². The summed E-state index contributed by atoms with van der Waals surface area (Å²) in [5.74, 6) is -0.835. The van der Waals surface area contributed by atoms with Crippen molar-refractivity contribution in [3.8, 4) is 0 Å². The molecule has 1 atom stereocenters. The molecule has 2 N–H and O–H groups in total. The average molecular weight is 296 g/mol. The van der Waals surface area contributed by atoms with Crippen molar-refractivity contribution in [2.24, 2.45) is 11.7 Å². The number of halogens is 2. The van der Waals surface area contributed by atoms with Crippen LogP contribution < -0.4 is 5.73 Å². The van der Waals surface area contributed by atoms with Crippen LogP contribution in [0.3, 0.4) is 0 Å². The predicted molar refractivity (Wildman–Crippen MR) is 82.1 cm³/mol.